The van der Waals surface area contributed by atoms with Gasteiger partial charge in [0.25, 0.3) is 5.91 Å². The first-order chi connectivity index (χ1) is 8.70. The van der Waals surface area contributed by atoms with Crippen LogP contribution in [0.4, 0.5) is 0 Å². The molecular formula is C13H22N4O. The van der Waals surface area contributed by atoms with Crippen LogP contribution in [0.15, 0.2) is 6.20 Å². The number of hydrogen-bond acceptors (Lipinski definition) is 3. The van der Waals surface area contributed by atoms with Crippen LogP contribution >= 0.6 is 0 Å². The molecular weight excluding hydrogens is 228 g/mol. The van der Waals surface area contributed by atoms with Crippen LogP contribution in [0, 0.1) is 5.92 Å². The fourth-order valence-electron chi connectivity index (χ4n) is 2.78. The molecule has 1 aliphatic carbocycles. The number of carbonyl (C=O) groups excluding carboxylic acids is 1. The van der Waals surface area contributed by atoms with Gasteiger partial charge in [-0.15, -0.1) is 5.10 Å². The van der Waals surface area contributed by atoms with E-state index in [1.54, 1.807) is 17.9 Å². The van der Waals surface area contributed by atoms with E-state index in [1.165, 1.54) is 32.1 Å². The smallest absolute Gasteiger partial charge is 0.273 e. The number of amides is 1. The van der Waals surface area contributed by atoms with Crippen molar-refractivity contribution in [3.05, 3.63) is 11.9 Å². The summed E-state index contributed by atoms with van der Waals surface area (Å²) in [6, 6.07) is 0.278. The van der Waals surface area contributed by atoms with E-state index in [1.807, 2.05) is 0 Å². The largest absolute Gasteiger partial charge is 0.348 e. The number of nitrogens with one attached hydrogen (secondary N) is 1. The molecule has 18 heavy (non-hydrogen) atoms. The van der Waals surface area contributed by atoms with Gasteiger partial charge in [0.2, 0.25) is 0 Å². The first-order valence-electron chi connectivity index (χ1n) is 6.88. The van der Waals surface area contributed by atoms with Crippen LogP contribution in [0.5, 0.6) is 0 Å². The van der Waals surface area contributed by atoms with Gasteiger partial charge in [-0.05, 0) is 25.2 Å². The average molecular weight is 250 g/mol. The van der Waals surface area contributed by atoms with E-state index < -0.39 is 0 Å². The third-order valence-electron chi connectivity index (χ3n) is 3.81. The predicted molar refractivity (Wildman–Crippen MR) is 69.1 cm³/mol. The quantitative estimate of drug-likeness (QED) is 0.888. The Morgan fingerprint density at radius 3 is 2.78 bits per heavy atom. The highest BCUT2D eigenvalue weighted by molar-refractivity contribution is 5.92. The summed E-state index contributed by atoms with van der Waals surface area (Å²) in [4.78, 5) is 12.0. The van der Waals surface area contributed by atoms with Gasteiger partial charge in [0, 0.05) is 13.1 Å². The molecule has 0 aromatic carbocycles. The third kappa shape index (κ3) is 3.09. The zero-order valence-electron chi connectivity index (χ0n) is 11.2. The summed E-state index contributed by atoms with van der Waals surface area (Å²) in [6.45, 7) is 2.14. The van der Waals surface area contributed by atoms with Gasteiger partial charge in [0.15, 0.2) is 5.69 Å². The fourth-order valence-corrected chi connectivity index (χ4v) is 2.78. The topological polar surface area (TPSA) is 59.8 Å². The maximum absolute atomic E-state index is 12.0. The van der Waals surface area contributed by atoms with E-state index in [0.717, 1.165) is 6.42 Å². The zero-order chi connectivity index (χ0) is 13.0. The standard InChI is InChI=1S/C13H22N4O/c1-3-11(10-7-5-4-6-8-10)14-13(18)12-9-17(2)16-15-12/h9-11H,3-8H2,1-2H3,(H,14,18). The van der Waals surface area contributed by atoms with Gasteiger partial charge in [-0.1, -0.05) is 31.4 Å². The minimum atomic E-state index is -0.0967. The van der Waals surface area contributed by atoms with Gasteiger partial charge in [0.05, 0.1) is 6.20 Å². The first-order valence-corrected chi connectivity index (χ1v) is 6.88. The molecule has 1 amide bonds. The molecule has 1 aromatic rings. The van der Waals surface area contributed by atoms with Crippen molar-refractivity contribution in [2.75, 3.05) is 0 Å². The molecule has 2 rings (SSSR count). The number of hydrogen-bond donors (Lipinski definition) is 1. The van der Waals surface area contributed by atoms with Crippen molar-refractivity contribution >= 4 is 5.91 Å². The molecule has 0 radical (unpaired) electrons. The molecule has 1 aromatic heterocycles. The first kappa shape index (κ1) is 13.1. The number of rotatable bonds is 4. The molecule has 100 valence electrons. The Morgan fingerprint density at radius 1 is 1.50 bits per heavy atom. The summed E-state index contributed by atoms with van der Waals surface area (Å²) < 4.78 is 1.55. The lowest BCUT2D eigenvalue weighted by Gasteiger charge is -2.30. The van der Waals surface area contributed by atoms with Crippen molar-refractivity contribution in [3.63, 3.8) is 0 Å². The normalized spacial score (nSPS) is 18.6. The highest BCUT2D eigenvalue weighted by Gasteiger charge is 2.24. The Balaban J connectivity index is 1.95. The summed E-state index contributed by atoms with van der Waals surface area (Å²) in [5.41, 5.74) is 0.409. The molecule has 5 heteroatoms. The Hall–Kier alpha value is -1.39. The van der Waals surface area contributed by atoms with Gasteiger partial charge in [0.1, 0.15) is 0 Å². The number of nitrogens with zero attached hydrogens (tertiary/aromatic N) is 3. The highest BCUT2D eigenvalue weighted by atomic mass is 16.2. The second kappa shape index (κ2) is 5.98. The molecule has 1 unspecified atom stereocenters. The van der Waals surface area contributed by atoms with Crippen molar-refractivity contribution < 1.29 is 4.79 Å². The molecule has 0 saturated heterocycles. The maximum atomic E-state index is 12.0. The summed E-state index contributed by atoms with van der Waals surface area (Å²) >= 11 is 0. The van der Waals surface area contributed by atoms with E-state index in [-0.39, 0.29) is 11.9 Å². The van der Waals surface area contributed by atoms with E-state index >= 15 is 0 Å². The van der Waals surface area contributed by atoms with Gasteiger partial charge >= 0.3 is 0 Å². The average Bonchev–Trinajstić information content (AvgIpc) is 2.83. The van der Waals surface area contributed by atoms with Crippen molar-refractivity contribution in [2.24, 2.45) is 13.0 Å². The molecule has 0 aliphatic heterocycles. The van der Waals surface area contributed by atoms with E-state index in [4.69, 9.17) is 0 Å². The number of aryl methyl sites for hydroxylation is 1. The van der Waals surface area contributed by atoms with Crippen LogP contribution in [0.3, 0.4) is 0 Å². The maximum Gasteiger partial charge on any atom is 0.273 e. The second-order valence-electron chi connectivity index (χ2n) is 5.16. The van der Waals surface area contributed by atoms with Gasteiger partial charge in [-0.25, -0.2) is 0 Å². The lowest BCUT2D eigenvalue weighted by atomic mass is 9.83. The summed E-state index contributed by atoms with van der Waals surface area (Å²) in [5.74, 6) is 0.532. The van der Waals surface area contributed by atoms with E-state index in [0.29, 0.717) is 11.6 Å². The van der Waals surface area contributed by atoms with Crippen molar-refractivity contribution in [1.29, 1.82) is 0 Å². The predicted octanol–water partition coefficient (Wildman–Crippen LogP) is 1.90. The minimum Gasteiger partial charge on any atom is -0.348 e. The summed E-state index contributed by atoms with van der Waals surface area (Å²) in [7, 11) is 1.77. The summed E-state index contributed by atoms with van der Waals surface area (Å²) in [6.07, 6.45) is 9.04. The van der Waals surface area contributed by atoms with Crippen LogP contribution in [0.1, 0.15) is 55.9 Å². The van der Waals surface area contributed by atoms with Gasteiger partial charge < -0.3 is 5.32 Å². The van der Waals surface area contributed by atoms with E-state index in [2.05, 4.69) is 22.6 Å². The molecule has 1 aliphatic rings. The SMILES string of the molecule is CCC(NC(=O)c1cn(C)nn1)C1CCCCC1. The second-order valence-corrected chi connectivity index (χ2v) is 5.16. The Bertz CT molecular complexity index is 395. The molecule has 1 fully saturated rings. The lowest BCUT2D eigenvalue weighted by molar-refractivity contribution is 0.0906. The van der Waals surface area contributed by atoms with Crippen molar-refractivity contribution in [1.82, 2.24) is 20.3 Å². The number of carbonyl (C=O) groups is 1. The van der Waals surface area contributed by atoms with Gasteiger partial charge in [-0.2, -0.15) is 0 Å². The Kier molecular flexibility index (Phi) is 4.33. The van der Waals surface area contributed by atoms with Crippen LogP contribution < -0.4 is 5.32 Å². The lowest BCUT2D eigenvalue weighted by Crippen LogP contribution is -2.40. The Labute approximate surface area is 108 Å². The van der Waals surface area contributed by atoms with Crippen molar-refractivity contribution in [3.8, 4) is 0 Å². The van der Waals surface area contributed by atoms with Crippen molar-refractivity contribution in [2.45, 2.75) is 51.5 Å². The summed E-state index contributed by atoms with van der Waals surface area (Å²) in [5, 5.41) is 10.7. The highest BCUT2D eigenvalue weighted by Crippen LogP contribution is 2.27. The molecule has 1 atom stereocenters. The van der Waals surface area contributed by atoms with Crippen LogP contribution in [0.2, 0.25) is 0 Å². The molecule has 5 nitrogen and oxygen atoms in total. The number of aromatic nitrogens is 3. The van der Waals surface area contributed by atoms with Gasteiger partial charge in [-0.3, -0.25) is 9.48 Å². The van der Waals surface area contributed by atoms with Crippen LogP contribution in [-0.4, -0.2) is 26.9 Å². The molecule has 1 saturated carbocycles. The third-order valence-corrected chi connectivity index (χ3v) is 3.81. The van der Waals surface area contributed by atoms with E-state index in [9.17, 15) is 4.79 Å². The molecule has 1 heterocycles. The Morgan fingerprint density at radius 2 is 2.22 bits per heavy atom. The van der Waals surface area contributed by atoms with Crippen LogP contribution in [0.25, 0.3) is 0 Å². The minimum absolute atomic E-state index is 0.0967. The molecule has 0 spiro atoms. The zero-order valence-corrected chi connectivity index (χ0v) is 11.2. The molecule has 1 N–H and O–H groups in total. The van der Waals surface area contributed by atoms with Crippen LogP contribution in [-0.2, 0) is 7.05 Å². The fraction of sp³-hybridized carbons (Fsp3) is 0.769. The monoisotopic (exact) mass is 250 g/mol. The molecule has 0 bridgehead atoms.